The van der Waals surface area contributed by atoms with Crippen molar-refractivity contribution in [2.24, 2.45) is 0 Å². The van der Waals surface area contributed by atoms with Gasteiger partial charge in [0.25, 0.3) is 0 Å². The van der Waals surface area contributed by atoms with E-state index in [4.69, 9.17) is 5.11 Å². The first-order chi connectivity index (χ1) is 6.27. The molecule has 0 spiro atoms. The van der Waals surface area contributed by atoms with E-state index in [1.807, 2.05) is 0 Å². The van der Waals surface area contributed by atoms with Crippen LogP contribution in [0.4, 0.5) is 0 Å². The first-order valence-electron chi connectivity index (χ1n) is 3.70. The quantitative estimate of drug-likeness (QED) is 0.708. The number of nitrogens with zero attached hydrogens (tertiary/aromatic N) is 2. The second-order valence-corrected chi connectivity index (χ2v) is 2.60. The van der Waals surface area contributed by atoms with Crippen LogP contribution in [0.25, 0.3) is 10.9 Å². The van der Waals surface area contributed by atoms with Crippen molar-refractivity contribution in [2.45, 2.75) is 0 Å². The van der Waals surface area contributed by atoms with Gasteiger partial charge < -0.3 is 5.11 Å². The summed E-state index contributed by atoms with van der Waals surface area (Å²) in [5.74, 6) is -0.974. The third-order valence-corrected chi connectivity index (χ3v) is 1.73. The van der Waals surface area contributed by atoms with Crippen molar-refractivity contribution in [3.8, 4) is 0 Å². The van der Waals surface area contributed by atoms with Gasteiger partial charge in [-0.05, 0) is 12.1 Å². The number of pyridine rings is 2. The average Bonchev–Trinajstić information content (AvgIpc) is 2.17. The summed E-state index contributed by atoms with van der Waals surface area (Å²) < 4.78 is 0. The van der Waals surface area contributed by atoms with Crippen LogP contribution in [0.3, 0.4) is 0 Å². The molecule has 0 saturated carbocycles. The fraction of sp³-hybridized carbons (Fsp3) is 0. The van der Waals surface area contributed by atoms with Crippen LogP contribution in [-0.4, -0.2) is 21.0 Å². The summed E-state index contributed by atoms with van der Waals surface area (Å²) in [5.41, 5.74) is 0.931. The lowest BCUT2D eigenvalue weighted by Crippen LogP contribution is -1.96. The van der Waals surface area contributed by atoms with Gasteiger partial charge in [-0.2, -0.15) is 0 Å². The van der Waals surface area contributed by atoms with E-state index >= 15 is 0 Å². The zero-order chi connectivity index (χ0) is 9.26. The van der Waals surface area contributed by atoms with Crippen molar-refractivity contribution in [1.29, 1.82) is 0 Å². The molecule has 0 fully saturated rings. The summed E-state index contributed by atoms with van der Waals surface area (Å²) in [6.07, 6.45) is 4.55. The molecule has 0 unspecified atom stereocenters. The summed E-state index contributed by atoms with van der Waals surface area (Å²) >= 11 is 0. The van der Waals surface area contributed by atoms with Crippen LogP contribution in [0.5, 0.6) is 0 Å². The van der Waals surface area contributed by atoms with Gasteiger partial charge in [0.1, 0.15) is 0 Å². The highest BCUT2D eigenvalue weighted by Crippen LogP contribution is 2.10. The van der Waals surface area contributed by atoms with Crippen LogP contribution in [0.15, 0.2) is 30.7 Å². The van der Waals surface area contributed by atoms with E-state index in [0.717, 1.165) is 10.9 Å². The first kappa shape index (κ1) is 7.67. The van der Waals surface area contributed by atoms with Crippen molar-refractivity contribution in [2.75, 3.05) is 0 Å². The topological polar surface area (TPSA) is 63.1 Å². The Kier molecular flexibility index (Phi) is 1.66. The lowest BCUT2D eigenvalue weighted by atomic mass is 10.2. The Morgan fingerprint density at radius 3 is 3.00 bits per heavy atom. The molecule has 64 valence electrons. The fourth-order valence-corrected chi connectivity index (χ4v) is 1.09. The number of hydrogen-bond donors (Lipinski definition) is 1. The van der Waals surface area contributed by atoms with Crippen LogP contribution < -0.4 is 0 Å². The van der Waals surface area contributed by atoms with E-state index in [-0.39, 0.29) is 5.56 Å². The Labute approximate surface area is 73.9 Å². The largest absolute Gasteiger partial charge is 0.478 e. The highest BCUT2D eigenvalue weighted by atomic mass is 16.4. The van der Waals surface area contributed by atoms with Gasteiger partial charge in [0.05, 0.1) is 11.1 Å². The van der Waals surface area contributed by atoms with Gasteiger partial charge in [-0.25, -0.2) is 4.79 Å². The third kappa shape index (κ3) is 1.33. The Morgan fingerprint density at radius 2 is 2.23 bits per heavy atom. The number of fused-ring (bicyclic) bond motifs is 1. The number of carboxylic acid groups (broad SMARTS) is 1. The van der Waals surface area contributed by atoms with Crippen molar-refractivity contribution in [3.05, 3.63) is 36.3 Å². The minimum absolute atomic E-state index is 0.181. The molecule has 2 rings (SSSR count). The van der Waals surface area contributed by atoms with Crippen molar-refractivity contribution >= 4 is 16.9 Å². The molecule has 0 aliphatic heterocycles. The molecule has 2 aromatic heterocycles. The number of rotatable bonds is 1. The van der Waals surface area contributed by atoms with Gasteiger partial charge in [0.2, 0.25) is 0 Å². The highest BCUT2D eigenvalue weighted by molar-refractivity contribution is 5.92. The van der Waals surface area contributed by atoms with Crippen molar-refractivity contribution in [1.82, 2.24) is 9.97 Å². The summed E-state index contributed by atoms with van der Waals surface area (Å²) in [6, 6.07) is 3.29. The van der Waals surface area contributed by atoms with Crippen LogP contribution in [0, 0.1) is 0 Å². The zero-order valence-electron chi connectivity index (χ0n) is 6.64. The number of carbonyl (C=O) groups is 1. The predicted molar refractivity (Wildman–Crippen MR) is 46.5 cm³/mol. The molecule has 2 heterocycles. The fourth-order valence-electron chi connectivity index (χ4n) is 1.09. The molecule has 0 saturated heterocycles. The molecule has 0 aliphatic carbocycles. The van der Waals surface area contributed by atoms with Gasteiger partial charge in [-0.1, -0.05) is 0 Å². The molecule has 0 atom stereocenters. The predicted octanol–water partition coefficient (Wildman–Crippen LogP) is 1.33. The molecule has 0 amide bonds. The maximum atomic E-state index is 10.6. The van der Waals surface area contributed by atoms with Gasteiger partial charge >= 0.3 is 5.97 Å². The Morgan fingerprint density at radius 1 is 1.38 bits per heavy atom. The second-order valence-electron chi connectivity index (χ2n) is 2.60. The number of carboxylic acids is 1. The molecule has 4 heteroatoms. The molecule has 0 aliphatic rings. The standard InChI is InChI=1S/C9H6N2O2/c12-9(13)7-3-6-4-10-2-1-8(6)11-5-7/h1-5H,(H,12,13). The highest BCUT2D eigenvalue weighted by Gasteiger charge is 2.03. The maximum absolute atomic E-state index is 10.6. The molecule has 1 N–H and O–H groups in total. The summed E-state index contributed by atoms with van der Waals surface area (Å²) in [6.45, 7) is 0. The van der Waals surface area contributed by atoms with Gasteiger partial charge in [-0.15, -0.1) is 0 Å². The van der Waals surface area contributed by atoms with Crippen molar-refractivity contribution in [3.63, 3.8) is 0 Å². The Bertz CT molecular complexity index is 468. The number of aromatic carboxylic acids is 1. The molecule has 0 radical (unpaired) electrons. The van der Waals surface area contributed by atoms with Gasteiger partial charge in [0, 0.05) is 24.0 Å². The molecular weight excluding hydrogens is 168 g/mol. The third-order valence-electron chi connectivity index (χ3n) is 1.73. The number of hydrogen-bond acceptors (Lipinski definition) is 3. The molecule has 13 heavy (non-hydrogen) atoms. The minimum atomic E-state index is -0.974. The lowest BCUT2D eigenvalue weighted by Gasteiger charge is -1.96. The van der Waals surface area contributed by atoms with Gasteiger partial charge in [0.15, 0.2) is 0 Å². The molecule has 0 aromatic carbocycles. The first-order valence-corrected chi connectivity index (χ1v) is 3.70. The Balaban J connectivity index is 2.69. The molecule has 0 bridgehead atoms. The van der Waals surface area contributed by atoms with E-state index in [1.165, 1.54) is 6.20 Å². The monoisotopic (exact) mass is 174 g/mol. The van der Waals surface area contributed by atoms with Crippen LogP contribution >= 0.6 is 0 Å². The van der Waals surface area contributed by atoms with E-state index < -0.39 is 5.97 Å². The van der Waals surface area contributed by atoms with E-state index in [2.05, 4.69) is 9.97 Å². The second kappa shape index (κ2) is 2.82. The lowest BCUT2D eigenvalue weighted by molar-refractivity contribution is 0.0696. The normalized spacial score (nSPS) is 10.2. The maximum Gasteiger partial charge on any atom is 0.337 e. The summed E-state index contributed by atoms with van der Waals surface area (Å²) in [5, 5.41) is 9.42. The SMILES string of the molecule is O=C(O)c1cnc2ccncc2c1. The average molecular weight is 174 g/mol. The van der Waals surface area contributed by atoms with Crippen LogP contribution in [0.1, 0.15) is 10.4 Å². The summed E-state index contributed by atoms with van der Waals surface area (Å²) in [4.78, 5) is 18.4. The van der Waals surface area contributed by atoms with Crippen molar-refractivity contribution < 1.29 is 9.90 Å². The number of aromatic nitrogens is 2. The zero-order valence-corrected chi connectivity index (χ0v) is 6.64. The molecular formula is C9H6N2O2. The smallest absolute Gasteiger partial charge is 0.337 e. The Hall–Kier alpha value is -1.97. The molecule has 2 aromatic rings. The van der Waals surface area contributed by atoms with Crippen LogP contribution in [0.2, 0.25) is 0 Å². The van der Waals surface area contributed by atoms with Gasteiger partial charge in [-0.3, -0.25) is 9.97 Å². The minimum Gasteiger partial charge on any atom is -0.478 e. The summed E-state index contributed by atoms with van der Waals surface area (Å²) in [7, 11) is 0. The van der Waals surface area contributed by atoms with E-state index in [9.17, 15) is 4.79 Å². The van der Waals surface area contributed by atoms with E-state index in [0.29, 0.717) is 0 Å². The molecule has 4 nitrogen and oxygen atoms in total. The van der Waals surface area contributed by atoms with E-state index in [1.54, 1.807) is 24.5 Å². The van der Waals surface area contributed by atoms with Crippen LogP contribution in [-0.2, 0) is 0 Å².